The highest BCUT2D eigenvalue weighted by Crippen LogP contribution is 2.29. The Morgan fingerprint density at radius 2 is 2.25 bits per heavy atom. The Morgan fingerprint density at radius 3 is 2.88 bits per heavy atom. The molecule has 0 aliphatic carbocycles. The predicted octanol–water partition coefficient (Wildman–Crippen LogP) is 3.47. The maximum absolute atomic E-state index is 11.1. The SMILES string of the molecule is CCCc1c(C(=O)O)[nH]c2c(Cl)cccc12. The molecule has 0 radical (unpaired) electrons. The zero-order valence-electron chi connectivity index (χ0n) is 8.88. The van der Waals surface area contributed by atoms with Crippen LogP contribution in [0.3, 0.4) is 0 Å². The van der Waals surface area contributed by atoms with Crippen molar-refractivity contribution in [1.29, 1.82) is 0 Å². The fourth-order valence-electron chi connectivity index (χ4n) is 1.93. The number of hydrogen-bond acceptors (Lipinski definition) is 1. The number of H-pyrrole nitrogens is 1. The summed E-state index contributed by atoms with van der Waals surface area (Å²) in [6.45, 7) is 2.02. The molecule has 0 saturated heterocycles. The lowest BCUT2D eigenvalue weighted by Gasteiger charge is -1.98. The number of fused-ring (bicyclic) bond motifs is 1. The summed E-state index contributed by atoms with van der Waals surface area (Å²) < 4.78 is 0. The molecule has 0 aliphatic heterocycles. The summed E-state index contributed by atoms with van der Waals surface area (Å²) >= 11 is 6.02. The van der Waals surface area contributed by atoms with Crippen molar-refractivity contribution in [3.05, 3.63) is 34.5 Å². The number of rotatable bonds is 3. The van der Waals surface area contributed by atoms with Crippen molar-refractivity contribution >= 4 is 28.5 Å². The summed E-state index contributed by atoms with van der Waals surface area (Å²) in [5.41, 5.74) is 1.81. The van der Waals surface area contributed by atoms with Gasteiger partial charge < -0.3 is 10.1 Å². The number of benzene rings is 1. The average molecular weight is 238 g/mol. The molecular formula is C12H12ClNO2. The summed E-state index contributed by atoms with van der Waals surface area (Å²) in [5.74, 6) is -0.935. The average Bonchev–Trinajstić information content (AvgIpc) is 2.60. The molecule has 0 saturated carbocycles. The molecule has 2 aromatic rings. The van der Waals surface area contributed by atoms with E-state index in [1.807, 2.05) is 19.1 Å². The van der Waals surface area contributed by atoms with E-state index in [0.717, 1.165) is 23.8 Å². The van der Waals surface area contributed by atoms with Crippen LogP contribution in [0.5, 0.6) is 0 Å². The van der Waals surface area contributed by atoms with Crippen molar-refractivity contribution in [3.8, 4) is 0 Å². The number of carboxylic acids is 1. The van der Waals surface area contributed by atoms with Crippen molar-refractivity contribution in [2.24, 2.45) is 0 Å². The molecule has 3 nitrogen and oxygen atoms in total. The number of aromatic amines is 1. The number of halogens is 1. The maximum Gasteiger partial charge on any atom is 0.352 e. The first-order valence-electron chi connectivity index (χ1n) is 5.17. The van der Waals surface area contributed by atoms with Crippen LogP contribution >= 0.6 is 11.6 Å². The molecule has 1 aromatic carbocycles. The van der Waals surface area contributed by atoms with Gasteiger partial charge in [-0.15, -0.1) is 0 Å². The van der Waals surface area contributed by atoms with E-state index in [2.05, 4.69) is 4.98 Å². The molecule has 1 aromatic heterocycles. The third kappa shape index (κ3) is 1.67. The van der Waals surface area contributed by atoms with Crippen LogP contribution in [0.25, 0.3) is 10.9 Å². The number of carbonyl (C=O) groups is 1. The molecule has 4 heteroatoms. The van der Waals surface area contributed by atoms with Gasteiger partial charge in [-0.25, -0.2) is 4.79 Å². The lowest BCUT2D eigenvalue weighted by atomic mass is 10.1. The van der Waals surface area contributed by atoms with E-state index in [-0.39, 0.29) is 5.69 Å². The van der Waals surface area contributed by atoms with Crippen molar-refractivity contribution in [2.45, 2.75) is 19.8 Å². The van der Waals surface area contributed by atoms with Gasteiger partial charge in [-0.2, -0.15) is 0 Å². The number of hydrogen-bond donors (Lipinski definition) is 2. The Balaban J connectivity index is 2.75. The molecule has 0 unspecified atom stereocenters. The number of aromatic carboxylic acids is 1. The van der Waals surface area contributed by atoms with Gasteiger partial charge in [0.2, 0.25) is 0 Å². The number of para-hydroxylation sites is 1. The van der Waals surface area contributed by atoms with Crippen LogP contribution < -0.4 is 0 Å². The zero-order valence-corrected chi connectivity index (χ0v) is 9.64. The number of nitrogens with one attached hydrogen (secondary N) is 1. The summed E-state index contributed by atoms with van der Waals surface area (Å²) in [5, 5.41) is 10.6. The molecule has 2 N–H and O–H groups in total. The van der Waals surface area contributed by atoms with Gasteiger partial charge in [-0.1, -0.05) is 37.1 Å². The Labute approximate surface area is 98.0 Å². The predicted molar refractivity (Wildman–Crippen MR) is 64.3 cm³/mol. The van der Waals surface area contributed by atoms with Gasteiger partial charge in [0.25, 0.3) is 0 Å². The minimum absolute atomic E-state index is 0.255. The maximum atomic E-state index is 11.1. The Kier molecular flexibility index (Phi) is 2.88. The number of aromatic nitrogens is 1. The Hall–Kier alpha value is -1.48. The van der Waals surface area contributed by atoms with Crippen LogP contribution in [0, 0.1) is 0 Å². The minimum atomic E-state index is -0.935. The third-order valence-corrected chi connectivity index (χ3v) is 2.92. The smallest absolute Gasteiger partial charge is 0.352 e. The van der Waals surface area contributed by atoms with E-state index in [1.165, 1.54) is 0 Å². The first-order valence-corrected chi connectivity index (χ1v) is 5.55. The largest absolute Gasteiger partial charge is 0.477 e. The van der Waals surface area contributed by atoms with Gasteiger partial charge in [-0.3, -0.25) is 0 Å². The van der Waals surface area contributed by atoms with Crippen LogP contribution in [0.15, 0.2) is 18.2 Å². The first kappa shape index (κ1) is 11.0. The van der Waals surface area contributed by atoms with Crippen molar-refractivity contribution in [3.63, 3.8) is 0 Å². The fraction of sp³-hybridized carbons (Fsp3) is 0.250. The van der Waals surface area contributed by atoms with E-state index in [0.29, 0.717) is 10.5 Å². The van der Waals surface area contributed by atoms with Crippen LogP contribution in [-0.4, -0.2) is 16.1 Å². The lowest BCUT2D eigenvalue weighted by Crippen LogP contribution is -2.00. The second-order valence-electron chi connectivity index (χ2n) is 3.70. The molecule has 0 atom stereocenters. The van der Waals surface area contributed by atoms with Crippen LogP contribution in [0.1, 0.15) is 29.4 Å². The summed E-state index contributed by atoms with van der Waals surface area (Å²) in [4.78, 5) is 14.0. The second kappa shape index (κ2) is 4.18. The minimum Gasteiger partial charge on any atom is -0.477 e. The molecule has 1 heterocycles. The highest BCUT2D eigenvalue weighted by Gasteiger charge is 2.17. The Morgan fingerprint density at radius 1 is 1.50 bits per heavy atom. The van der Waals surface area contributed by atoms with E-state index in [4.69, 9.17) is 16.7 Å². The topological polar surface area (TPSA) is 53.1 Å². The van der Waals surface area contributed by atoms with Crippen LogP contribution in [0.4, 0.5) is 0 Å². The quantitative estimate of drug-likeness (QED) is 0.859. The lowest BCUT2D eigenvalue weighted by molar-refractivity contribution is 0.0690. The zero-order chi connectivity index (χ0) is 11.7. The van der Waals surface area contributed by atoms with Crippen LogP contribution in [0.2, 0.25) is 5.02 Å². The number of aryl methyl sites for hydroxylation is 1. The molecule has 0 bridgehead atoms. The van der Waals surface area contributed by atoms with Gasteiger partial charge in [0.15, 0.2) is 0 Å². The molecule has 2 rings (SSSR count). The molecule has 84 valence electrons. The number of carboxylic acid groups (broad SMARTS) is 1. The fourth-order valence-corrected chi connectivity index (χ4v) is 2.15. The van der Waals surface area contributed by atoms with Gasteiger partial charge in [0.05, 0.1) is 10.5 Å². The Bertz CT molecular complexity index is 545. The summed E-state index contributed by atoms with van der Waals surface area (Å²) in [6.07, 6.45) is 1.64. The van der Waals surface area contributed by atoms with Gasteiger partial charge in [-0.05, 0) is 18.1 Å². The van der Waals surface area contributed by atoms with E-state index in [9.17, 15) is 4.79 Å². The van der Waals surface area contributed by atoms with Gasteiger partial charge in [0.1, 0.15) is 5.69 Å². The molecule has 0 amide bonds. The van der Waals surface area contributed by atoms with Crippen molar-refractivity contribution in [2.75, 3.05) is 0 Å². The normalized spacial score (nSPS) is 10.9. The first-order chi connectivity index (χ1) is 7.65. The van der Waals surface area contributed by atoms with Crippen molar-refractivity contribution < 1.29 is 9.90 Å². The molecule has 16 heavy (non-hydrogen) atoms. The standard InChI is InChI=1S/C12H12ClNO2/c1-2-4-7-8-5-3-6-9(13)10(8)14-11(7)12(15)16/h3,5-6,14H,2,4H2,1H3,(H,15,16). The van der Waals surface area contributed by atoms with Gasteiger partial charge in [0, 0.05) is 5.39 Å². The van der Waals surface area contributed by atoms with E-state index in [1.54, 1.807) is 6.07 Å². The summed E-state index contributed by atoms with van der Waals surface area (Å²) in [7, 11) is 0. The highest BCUT2D eigenvalue weighted by atomic mass is 35.5. The van der Waals surface area contributed by atoms with Gasteiger partial charge >= 0.3 is 5.97 Å². The van der Waals surface area contributed by atoms with Crippen molar-refractivity contribution in [1.82, 2.24) is 4.98 Å². The monoisotopic (exact) mass is 237 g/mol. The molecular weight excluding hydrogens is 226 g/mol. The third-order valence-electron chi connectivity index (χ3n) is 2.60. The van der Waals surface area contributed by atoms with Crippen LogP contribution in [-0.2, 0) is 6.42 Å². The highest BCUT2D eigenvalue weighted by molar-refractivity contribution is 6.35. The van der Waals surface area contributed by atoms with E-state index < -0.39 is 5.97 Å². The molecule has 0 aliphatic rings. The molecule has 0 fully saturated rings. The van der Waals surface area contributed by atoms with E-state index >= 15 is 0 Å². The molecule has 0 spiro atoms. The summed E-state index contributed by atoms with van der Waals surface area (Å²) in [6, 6.07) is 5.49. The second-order valence-corrected chi connectivity index (χ2v) is 4.10.